The van der Waals surface area contributed by atoms with Crippen molar-refractivity contribution in [3.8, 4) is 18.1 Å². The molecule has 74 valence electrons. The number of hydrogen-bond donors (Lipinski definition) is 1. The zero-order chi connectivity index (χ0) is 10.2. The minimum absolute atomic E-state index is 0.545. The van der Waals surface area contributed by atoms with Crippen molar-refractivity contribution in [3.63, 3.8) is 0 Å². The van der Waals surface area contributed by atoms with Crippen LogP contribution in [-0.2, 0) is 6.54 Å². The second-order valence-electron chi connectivity index (χ2n) is 2.82. The molecule has 0 unspecified atom stereocenters. The lowest BCUT2D eigenvalue weighted by molar-refractivity contribution is 0.325. The fraction of sp³-hybridized carbons (Fsp3) is 0.364. The summed E-state index contributed by atoms with van der Waals surface area (Å²) in [5.41, 5.74) is 0.997. The van der Waals surface area contributed by atoms with E-state index in [-0.39, 0.29) is 0 Å². The summed E-state index contributed by atoms with van der Waals surface area (Å²) >= 11 is 0. The van der Waals surface area contributed by atoms with Gasteiger partial charge in [0.1, 0.15) is 5.75 Å². The van der Waals surface area contributed by atoms with Gasteiger partial charge in [-0.2, -0.15) is 0 Å². The SMILES string of the molecule is C#CCCOc1ccc(CNC)nc1. The molecule has 0 aromatic carbocycles. The van der Waals surface area contributed by atoms with E-state index in [4.69, 9.17) is 11.2 Å². The van der Waals surface area contributed by atoms with Crippen molar-refractivity contribution in [2.75, 3.05) is 13.7 Å². The van der Waals surface area contributed by atoms with Crippen LogP contribution in [0.1, 0.15) is 12.1 Å². The summed E-state index contributed by atoms with van der Waals surface area (Å²) in [5.74, 6) is 3.28. The number of nitrogens with zero attached hydrogens (tertiary/aromatic N) is 1. The average Bonchev–Trinajstić information content (AvgIpc) is 2.21. The fourth-order valence-electron chi connectivity index (χ4n) is 1.01. The summed E-state index contributed by atoms with van der Waals surface area (Å²) in [5, 5.41) is 3.03. The highest BCUT2D eigenvalue weighted by Crippen LogP contribution is 2.08. The highest BCUT2D eigenvalue weighted by Gasteiger charge is 1.95. The van der Waals surface area contributed by atoms with Crippen LogP contribution >= 0.6 is 0 Å². The lowest BCUT2D eigenvalue weighted by atomic mass is 10.3. The summed E-state index contributed by atoms with van der Waals surface area (Å²) < 4.78 is 5.35. The van der Waals surface area contributed by atoms with Crippen molar-refractivity contribution in [2.45, 2.75) is 13.0 Å². The number of rotatable bonds is 5. The van der Waals surface area contributed by atoms with Crippen molar-refractivity contribution in [3.05, 3.63) is 24.0 Å². The highest BCUT2D eigenvalue weighted by molar-refractivity contribution is 5.19. The molecule has 0 aliphatic rings. The van der Waals surface area contributed by atoms with E-state index in [2.05, 4.69) is 16.2 Å². The van der Waals surface area contributed by atoms with E-state index >= 15 is 0 Å². The van der Waals surface area contributed by atoms with Crippen LogP contribution in [0.5, 0.6) is 5.75 Å². The van der Waals surface area contributed by atoms with Crippen molar-refractivity contribution in [1.29, 1.82) is 0 Å². The van der Waals surface area contributed by atoms with Gasteiger partial charge >= 0.3 is 0 Å². The maximum absolute atomic E-state index is 5.35. The minimum Gasteiger partial charge on any atom is -0.491 e. The van der Waals surface area contributed by atoms with Gasteiger partial charge in [-0.3, -0.25) is 4.98 Å². The molecule has 0 aliphatic carbocycles. The van der Waals surface area contributed by atoms with E-state index in [1.165, 1.54) is 0 Å². The van der Waals surface area contributed by atoms with E-state index in [1.54, 1.807) is 6.20 Å². The van der Waals surface area contributed by atoms with Crippen molar-refractivity contribution in [1.82, 2.24) is 10.3 Å². The molecule has 0 aliphatic heterocycles. The molecule has 1 heterocycles. The summed E-state index contributed by atoms with van der Waals surface area (Å²) in [6.45, 7) is 1.31. The Morgan fingerprint density at radius 3 is 3.00 bits per heavy atom. The van der Waals surface area contributed by atoms with Crippen LogP contribution in [-0.4, -0.2) is 18.6 Å². The molecule has 3 nitrogen and oxygen atoms in total. The molecule has 3 heteroatoms. The molecule has 0 radical (unpaired) electrons. The third-order valence-corrected chi connectivity index (χ3v) is 1.67. The van der Waals surface area contributed by atoms with Gasteiger partial charge in [-0.05, 0) is 19.2 Å². The van der Waals surface area contributed by atoms with E-state index in [0.29, 0.717) is 13.0 Å². The Hall–Kier alpha value is -1.53. The quantitative estimate of drug-likeness (QED) is 0.559. The van der Waals surface area contributed by atoms with Gasteiger partial charge in [0, 0.05) is 13.0 Å². The molecular formula is C11H14N2O. The van der Waals surface area contributed by atoms with E-state index < -0.39 is 0 Å². The molecule has 1 aromatic heterocycles. The molecule has 0 atom stereocenters. The summed E-state index contributed by atoms with van der Waals surface area (Å²) in [7, 11) is 1.89. The molecule has 1 N–H and O–H groups in total. The van der Waals surface area contributed by atoms with Gasteiger partial charge in [-0.15, -0.1) is 12.3 Å². The maximum Gasteiger partial charge on any atom is 0.137 e. The van der Waals surface area contributed by atoms with Crippen LogP contribution in [0.25, 0.3) is 0 Å². The van der Waals surface area contributed by atoms with Crippen LogP contribution in [0.4, 0.5) is 0 Å². The van der Waals surface area contributed by atoms with Crippen LogP contribution in [0.3, 0.4) is 0 Å². The first kappa shape index (κ1) is 10.6. The van der Waals surface area contributed by atoms with E-state index in [1.807, 2.05) is 19.2 Å². The number of hydrogen-bond acceptors (Lipinski definition) is 3. The van der Waals surface area contributed by atoms with E-state index in [9.17, 15) is 0 Å². The Morgan fingerprint density at radius 2 is 2.43 bits per heavy atom. The average molecular weight is 190 g/mol. The van der Waals surface area contributed by atoms with Gasteiger partial charge in [0.25, 0.3) is 0 Å². The molecule has 14 heavy (non-hydrogen) atoms. The van der Waals surface area contributed by atoms with Crippen molar-refractivity contribution in [2.24, 2.45) is 0 Å². The molecule has 1 aromatic rings. The Balaban J connectivity index is 2.43. The zero-order valence-electron chi connectivity index (χ0n) is 8.29. The summed E-state index contributed by atoms with van der Waals surface area (Å²) in [6, 6.07) is 3.83. The number of terminal acetylenes is 1. The van der Waals surface area contributed by atoms with Crippen molar-refractivity contribution >= 4 is 0 Å². The first-order valence-electron chi connectivity index (χ1n) is 4.52. The van der Waals surface area contributed by atoms with Crippen molar-refractivity contribution < 1.29 is 4.74 Å². The second kappa shape index (κ2) is 6.01. The number of pyridine rings is 1. The Bertz CT molecular complexity index is 300. The van der Waals surface area contributed by atoms with Gasteiger partial charge in [0.2, 0.25) is 0 Å². The topological polar surface area (TPSA) is 34.1 Å². The normalized spacial score (nSPS) is 9.43. The molecule has 0 spiro atoms. The molecule has 0 fully saturated rings. The Morgan fingerprint density at radius 1 is 1.57 bits per heavy atom. The second-order valence-corrected chi connectivity index (χ2v) is 2.82. The lowest BCUT2D eigenvalue weighted by Crippen LogP contribution is -2.06. The van der Waals surface area contributed by atoms with Gasteiger partial charge in [-0.1, -0.05) is 0 Å². The zero-order valence-corrected chi connectivity index (χ0v) is 8.29. The van der Waals surface area contributed by atoms with Gasteiger partial charge in [0.05, 0.1) is 18.5 Å². The smallest absolute Gasteiger partial charge is 0.137 e. The third kappa shape index (κ3) is 3.46. The molecular weight excluding hydrogens is 176 g/mol. The van der Waals surface area contributed by atoms with Crippen LogP contribution in [0, 0.1) is 12.3 Å². The van der Waals surface area contributed by atoms with Crippen LogP contribution in [0.15, 0.2) is 18.3 Å². The van der Waals surface area contributed by atoms with Gasteiger partial charge in [-0.25, -0.2) is 0 Å². The Labute approximate surface area is 84.5 Å². The fourth-order valence-corrected chi connectivity index (χ4v) is 1.01. The molecule has 0 bridgehead atoms. The number of aromatic nitrogens is 1. The molecule has 1 rings (SSSR count). The number of ether oxygens (including phenoxy) is 1. The molecule has 0 saturated carbocycles. The van der Waals surface area contributed by atoms with Gasteiger partial charge < -0.3 is 10.1 Å². The van der Waals surface area contributed by atoms with Gasteiger partial charge in [0.15, 0.2) is 0 Å². The monoisotopic (exact) mass is 190 g/mol. The first-order valence-corrected chi connectivity index (χ1v) is 4.52. The minimum atomic E-state index is 0.545. The predicted octanol–water partition coefficient (Wildman–Crippen LogP) is 1.20. The summed E-state index contributed by atoms with van der Waals surface area (Å²) in [4.78, 5) is 4.21. The van der Waals surface area contributed by atoms with Crippen LogP contribution < -0.4 is 10.1 Å². The first-order chi connectivity index (χ1) is 6.86. The van der Waals surface area contributed by atoms with E-state index in [0.717, 1.165) is 18.0 Å². The molecule has 0 amide bonds. The Kier molecular flexibility index (Phi) is 4.53. The lowest BCUT2D eigenvalue weighted by Gasteiger charge is -2.04. The maximum atomic E-state index is 5.35. The predicted molar refractivity (Wildman–Crippen MR) is 55.9 cm³/mol. The number of nitrogens with one attached hydrogen (secondary N) is 1. The third-order valence-electron chi connectivity index (χ3n) is 1.67. The largest absolute Gasteiger partial charge is 0.491 e. The summed E-state index contributed by atoms with van der Waals surface area (Å²) in [6.07, 6.45) is 7.44. The molecule has 0 saturated heterocycles. The highest BCUT2D eigenvalue weighted by atomic mass is 16.5. The standard InChI is InChI=1S/C11H14N2O/c1-3-4-7-14-11-6-5-10(8-12-2)13-9-11/h1,5-6,9,12H,4,7-8H2,2H3. The van der Waals surface area contributed by atoms with Crippen LogP contribution in [0.2, 0.25) is 0 Å².